The SMILES string of the molecule is Cc1ccc(S(=O)(=O)NCC(=O)N2CCC3(CCCCCc4ccccc4OCCNC3=O)CC2)cc1. The van der Waals surface area contributed by atoms with Crippen molar-refractivity contribution >= 4 is 21.8 Å². The van der Waals surface area contributed by atoms with Gasteiger partial charge in [0.15, 0.2) is 0 Å². The number of amides is 2. The summed E-state index contributed by atoms with van der Waals surface area (Å²) in [7, 11) is -3.77. The fraction of sp³-hybridized carbons (Fsp3) is 0.500. The van der Waals surface area contributed by atoms with Crippen molar-refractivity contribution in [2.75, 3.05) is 32.8 Å². The number of fused-ring (bicyclic) bond motifs is 1. The fourth-order valence-electron chi connectivity index (χ4n) is 5.16. The van der Waals surface area contributed by atoms with E-state index in [-0.39, 0.29) is 23.3 Å². The first kappa shape index (κ1) is 27.1. The second kappa shape index (κ2) is 12.1. The van der Waals surface area contributed by atoms with E-state index in [1.165, 1.54) is 17.7 Å². The highest BCUT2D eigenvalue weighted by atomic mass is 32.2. The van der Waals surface area contributed by atoms with E-state index in [4.69, 9.17) is 4.74 Å². The maximum absolute atomic E-state index is 13.3. The third-order valence-corrected chi connectivity index (χ3v) is 8.94. The van der Waals surface area contributed by atoms with Gasteiger partial charge in [-0.05, 0) is 62.8 Å². The van der Waals surface area contributed by atoms with Crippen LogP contribution in [0.1, 0.15) is 49.7 Å². The molecule has 2 aromatic carbocycles. The zero-order valence-electron chi connectivity index (χ0n) is 21.5. The summed E-state index contributed by atoms with van der Waals surface area (Å²) in [6.07, 6.45) is 5.86. The molecule has 1 fully saturated rings. The first-order valence-electron chi connectivity index (χ1n) is 13.1. The number of carbonyl (C=O) groups is 2. The number of likely N-dealkylation sites (tertiary alicyclic amines) is 1. The van der Waals surface area contributed by atoms with Crippen molar-refractivity contribution in [2.24, 2.45) is 5.41 Å². The van der Waals surface area contributed by atoms with Gasteiger partial charge in [0.25, 0.3) is 0 Å². The minimum absolute atomic E-state index is 0.0239. The van der Waals surface area contributed by atoms with Gasteiger partial charge in [-0.15, -0.1) is 0 Å². The highest BCUT2D eigenvalue weighted by Gasteiger charge is 2.41. The van der Waals surface area contributed by atoms with Crippen LogP contribution in [0.2, 0.25) is 0 Å². The Balaban J connectivity index is 1.32. The number of benzene rings is 2. The van der Waals surface area contributed by atoms with Crippen LogP contribution in [0.3, 0.4) is 0 Å². The van der Waals surface area contributed by atoms with E-state index in [0.717, 1.165) is 43.4 Å². The predicted molar refractivity (Wildman–Crippen MR) is 142 cm³/mol. The van der Waals surface area contributed by atoms with Crippen LogP contribution < -0.4 is 14.8 Å². The molecule has 8 nitrogen and oxygen atoms in total. The number of nitrogens with one attached hydrogen (secondary N) is 2. The van der Waals surface area contributed by atoms with Crippen LogP contribution >= 0.6 is 0 Å². The van der Waals surface area contributed by atoms with Gasteiger partial charge in [0.2, 0.25) is 21.8 Å². The Morgan fingerprint density at radius 1 is 1.03 bits per heavy atom. The summed E-state index contributed by atoms with van der Waals surface area (Å²) in [5.41, 5.74) is 1.65. The van der Waals surface area contributed by atoms with E-state index in [1.807, 2.05) is 25.1 Å². The molecule has 0 unspecified atom stereocenters. The maximum atomic E-state index is 13.3. The molecule has 9 heteroatoms. The number of nitrogens with zero attached hydrogens (tertiary/aromatic N) is 1. The molecule has 0 saturated carbocycles. The van der Waals surface area contributed by atoms with Crippen LogP contribution in [0.4, 0.5) is 0 Å². The molecule has 0 aromatic heterocycles. The first-order valence-corrected chi connectivity index (χ1v) is 14.6. The zero-order chi connectivity index (χ0) is 26.3. The number of para-hydroxylation sites is 1. The lowest BCUT2D eigenvalue weighted by Crippen LogP contribution is -2.52. The van der Waals surface area contributed by atoms with Crippen LogP contribution in [0, 0.1) is 12.3 Å². The second-order valence-electron chi connectivity index (χ2n) is 10.1. The Morgan fingerprint density at radius 3 is 2.51 bits per heavy atom. The van der Waals surface area contributed by atoms with Gasteiger partial charge in [-0.25, -0.2) is 13.1 Å². The molecule has 200 valence electrons. The van der Waals surface area contributed by atoms with Gasteiger partial charge < -0.3 is 15.0 Å². The Kier molecular flexibility index (Phi) is 8.87. The zero-order valence-corrected chi connectivity index (χ0v) is 22.3. The van der Waals surface area contributed by atoms with E-state index >= 15 is 0 Å². The number of piperidine rings is 1. The molecule has 4 rings (SSSR count). The summed E-state index contributed by atoms with van der Waals surface area (Å²) in [6.45, 7) is 3.28. The number of hydrogen-bond donors (Lipinski definition) is 2. The summed E-state index contributed by atoms with van der Waals surface area (Å²) >= 11 is 0. The van der Waals surface area contributed by atoms with Crippen LogP contribution in [0.15, 0.2) is 53.4 Å². The van der Waals surface area contributed by atoms with Gasteiger partial charge in [-0.2, -0.15) is 0 Å². The molecule has 1 saturated heterocycles. The van der Waals surface area contributed by atoms with E-state index in [1.54, 1.807) is 17.0 Å². The van der Waals surface area contributed by atoms with Crippen molar-refractivity contribution < 1.29 is 22.7 Å². The minimum Gasteiger partial charge on any atom is -0.491 e. The number of hydrogen-bond acceptors (Lipinski definition) is 5. The van der Waals surface area contributed by atoms with Crippen molar-refractivity contribution in [3.8, 4) is 5.75 Å². The smallest absolute Gasteiger partial charge is 0.241 e. The normalized spacial score (nSPS) is 18.9. The monoisotopic (exact) mass is 527 g/mol. The van der Waals surface area contributed by atoms with Gasteiger partial charge in [0.05, 0.1) is 23.4 Å². The highest BCUT2D eigenvalue weighted by Crippen LogP contribution is 2.37. The third-order valence-electron chi connectivity index (χ3n) is 7.52. The van der Waals surface area contributed by atoms with Gasteiger partial charge in [-0.1, -0.05) is 48.7 Å². The minimum atomic E-state index is -3.77. The van der Waals surface area contributed by atoms with Gasteiger partial charge in [0.1, 0.15) is 12.4 Å². The van der Waals surface area contributed by atoms with Crippen LogP contribution in [-0.4, -0.2) is 57.9 Å². The van der Waals surface area contributed by atoms with Crippen LogP contribution in [0.25, 0.3) is 0 Å². The molecule has 0 aliphatic carbocycles. The molecule has 1 spiro atoms. The summed E-state index contributed by atoms with van der Waals surface area (Å²) in [5.74, 6) is 0.632. The molecular weight excluding hydrogens is 490 g/mol. The van der Waals surface area contributed by atoms with Gasteiger partial charge in [-0.3, -0.25) is 9.59 Å². The molecule has 0 atom stereocenters. The van der Waals surface area contributed by atoms with Crippen LogP contribution in [-0.2, 0) is 26.0 Å². The van der Waals surface area contributed by atoms with Gasteiger partial charge in [0, 0.05) is 13.1 Å². The molecule has 2 aromatic rings. The predicted octanol–water partition coefficient (Wildman–Crippen LogP) is 3.19. The summed E-state index contributed by atoms with van der Waals surface area (Å²) < 4.78 is 33.5. The molecule has 2 heterocycles. The fourth-order valence-corrected chi connectivity index (χ4v) is 6.14. The van der Waals surface area contributed by atoms with Crippen molar-refractivity contribution in [3.63, 3.8) is 0 Å². The number of rotatable bonds is 4. The summed E-state index contributed by atoms with van der Waals surface area (Å²) in [5, 5.41) is 3.06. The maximum Gasteiger partial charge on any atom is 0.241 e. The summed E-state index contributed by atoms with van der Waals surface area (Å²) in [6, 6.07) is 14.6. The van der Waals surface area contributed by atoms with E-state index < -0.39 is 15.4 Å². The number of sulfonamides is 1. The molecule has 2 N–H and O–H groups in total. The quantitative estimate of drug-likeness (QED) is 0.636. The van der Waals surface area contributed by atoms with Crippen molar-refractivity contribution in [1.29, 1.82) is 0 Å². The Hall–Kier alpha value is -2.91. The molecular formula is C28H37N3O5S. The number of carbonyl (C=O) groups excluding carboxylic acids is 2. The molecule has 0 radical (unpaired) electrons. The highest BCUT2D eigenvalue weighted by molar-refractivity contribution is 7.89. The van der Waals surface area contributed by atoms with Crippen LogP contribution in [0.5, 0.6) is 5.75 Å². The Morgan fingerprint density at radius 2 is 1.76 bits per heavy atom. The lowest BCUT2D eigenvalue weighted by atomic mass is 9.73. The van der Waals surface area contributed by atoms with E-state index in [0.29, 0.717) is 39.1 Å². The average Bonchev–Trinajstić information content (AvgIpc) is 2.91. The van der Waals surface area contributed by atoms with E-state index in [9.17, 15) is 18.0 Å². The standard InChI is InChI=1S/C28H37N3O5S/c1-22-10-12-24(13-11-22)37(34,35)30-21-26(32)31-18-15-28(16-19-31)14-6-2-3-7-23-8-4-5-9-25(23)36-20-17-29-27(28)33/h4-5,8-13,30H,2-3,6-7,14-21H2,1H3,(H,29,33). The second-order valence-corrected chi connectivity index (χ2v) is 11.8. The third kappa shape index (κ3) is 6.90. The van der Waals surface area contributed by atoms with E-state index in [2.05, 4.69) is 16.1 Å². The van der Waals surface area contributed by atoms with Crippen molar-refractivity contribution in [3.05, 3.63) is 59.7 Å². The van der Waals surface area contributed by atoms with Gasteiger partial charge >= 0.3 is 0 Å². The lowest BCUT2D eigenvalue weighted by Gasteiger charge is -2.41. The lowest BCUT2D eigenvalue weighted by molar-refractivity contribution is -0.140. The van der Waals surface area contributed by atoms with Crippen molar-refractivity contribution in [2.45, 2.75) is 56.8 Å². The Labute approximate surface area is 219 Å². The average molecular weight is 528 g/mol. The number of aryl methyl sites for hydroxylation is 2. The topological polar surface area (TPSA) is 105 Å². The summed E-state index contributed by atoms with van der Waals surface area (Å²) in [4.78, 5) is 27.9. The Bertz CT molecular complexity index is 1190. The molecule has 2 aliphatic rings. The largest absolute Gasteiger partial charge is 0.491 e. The number of ether oxygens (including phenoxy) is 1. The van der Waals surface area contributed by atoms with Crippen molar-refractivity contribution in [1.82, 2.24) is 14.9 Å². The molecule has 37 heavy (non-hydrogen) atoms. The molecule has 0 bridgehead atoms. The molecule has 2 amide bonds. The first-order chi connectivity index (χ1) is 17.8. The molecule has 2 aliphatic heterocycles.